The average Bonchev–Trinajstić information content (AvgIpc) is 2.75. The van der Waals surface area contributed by atoms with Gasteiger partial charge >= 0.3 is 5.97 Å². The Kier molecular flexibility index (Phi) is 14.7. The van der Waals surface area contributed by atoms with Crippen molar-refractivity contribution in [3.63, 3.8) is 0 Å². The van der Waals surface area contributed by atoms with Crippen molar-refractivity contribution in [3.8, 4) is 0 Å². The molecule has 0 fully saturated rings. The van der Waals surface area contributed by atoms with Gasteiger partial charge in [-0.2, -0.15) is 11.8 Å². The summed E-state index contributed by atoms with van der Waals surface area (Å²) in [5.74, 6) is -5.94. The van der Waals surface area contributed by atoms with Crippen molar-refractivity contribution in [3.05, 3.63) is 0 Å². The maximum absolute atomic E-state index is 12.9. The quantitative estimate of drug-likeness (QED) is 0.0868. The summed E-state index contributed by atoms with van der Waals surface area (Å²) in [5.41, 5.74) is 20.7. The molecule has 0 aromatic carbocycles. The predicted molar refractivity (Wildman–Crippen MR) is 125 cm³/mol. The Morgan fingerprint density at radius 2 is 1.14 bits per heavy atom. The van der Waals surface area contributed by atoms with E-state index < -0.39 is 72.0 Å². The highest BCUT2D eigenvalue weighted by molar-refractivity contribution is 7.98. The van der Waals surface area contributed by atoms with Crippen LogP contribution in [0.1, 0.15) is 38.5 Å². The van der Waals surface area contributed by atoms with Crippen LogP contribution in [-0.4, -0.2) is 82.7 Å². The summed E-state index contributed by atoms with van der Waals surface area (Å²) in [5, 5.41) is 16.3. The van der Waals surface area contributed by atoms with Crippen LogP contribution in [0.15, 0.2) is 0 Å². The molecule has 4 unspecified atom stereocenters. The molecule has 0 rings (SSSR count). The first-order chi connectivity index (χ1) is 16.3. The first-order valence-corrected chi connectivity index (χ1v) is 11.9. The van der Waals surface area contributed by atoms with Crippen LogP contribution in [0.2, 0.25) is 0 Å². The van der Waals surface area contributed by atoms with Crippen molar-refractivity contribution in [1.82, 2.24) is 16.0 Å². The SMILES string of the molecule is CSCCC(NC(=O)C(CCC(N)=O)NC(=O)C(N)CC(N)=O)C(=O)NC(CCC(N)=O)C(=O)O. The molecule has 0 saturated heterocycles. The van der Waals surface area contributed by atoms with E-state index in [4.69, 9.17) is 22.9 Å². The van der Waals surface area contributed by atoms with Crippen molar-refractivity contribution in [2.24, 2.45) is 22.9 Å². The van der Waals surface area contributed by atoms with Crippen molar-refractivity contribution >= 4 is 53.2 Å². The topological polar surface area (TPSA) is 280 Å². The van der Waals surface area contributed by atoms with E-state index in [0.29, 0.717) is 5.75 Å². The van der Waals surface area contributed by atoms with Gasteiger partial charge in [-0.05, 0) is 31.3 Å². The van der Waals surface area contributed by atoms with Gasteiger partial charge in [-0.3, -0.25) is 28.8 Å². The van der Waals surface area contributed by atoms with Crippen molar-refractivity contribution in [1.29, 1.82) is 0 Å². The number of rotatable bonds is 18. The molecule has 35 heavy (non-hydrogen) atoms. The van der Waals surface area contributed by atoms with E-state index in [1.807, 2.05) is 0 Å². The Hall–Kier alpha value is -3.40. The van der Waals surface area contributed by atoms with Crippen LogP contribution in [0.5, 0.6) is 0 Å². The number of hydrogen-bond acceptors (Lipinski definition) is 9. The minimum absolute atomic E-state index is 0.0958. The smallest absolute Gasteiger partial charge is 0.326 e. The second-order valence-electron chi connectivity index (χ2n) is 7.59. The molecular weight excluding hydrogens is 486 g/mol. The molecule has 0 bridgehead atoms. The molecule has 0 saturated carbocycles. The number of hydrogen-bond donors (Lipinski definition) is 8. The lowest BCUT2D eigenvalue weighted by Gasteiger charge is -2.25. The fraction of sp³-hybridized carbons (Fsp3) is 0.632. The van der Waals surface area contributed by atoms with E-state index in [2.05, 4.69) is 16.0 Å². The van der Waals surface area contributed by atoms with Crippen LogP contribution < -0.4 is 38.9 Å². The summed E-state index contributed by atoms with van der Waals surface area (Å²) in [6.07, 6.45) is 0.290. The van der Waals surface area contributed by atoms with E-state index in [0.717, 1.165) is 0 Å². The molecule has 12 N–H and O–H groups in total. The molecule has 0 aromatic rings. The van der Waals surface area contributed by atoms with Crippen LogP contribution >= 0.6 is 11.8 Å². The number of nitrogens with two attached hydrogens (primary N) is 4. The Morgan fingerprint density at radius 1 is 0.714 bits per heavy atom. The summed E-state index contributed by atoms with van der Waals surface area (Å²) in [6, 6.07) is -5.34. The molecule has 0 aliphatic carbocycles. The minimum Gasteiger partial charge on any atom is -0.480 e. The summed E-state index contributed by atoms with van der Waals surface area (Å²) in [6.45, 7) is 0. The van der Waals surface area contributed by atoms with Gasteiger partial charge in [0.25, 0.3) is 0 Å². The van der Waals surface area contributed by atoms with Gasteiger partial charge in [0.1, 0.15) is 18.1 Å². The van der Waals surface area contributed by atoms with Gasteiger partial charge in [0.05, 0.1) is 12.5 Å². The molecule has 0 aromatic heterocycles. The lowest BCUT2D eigenvalue weighted by molar-refractivity contribution is -0.142. The average molecular weight is 520 g/mol. The van der Waals surface area contributed by atoms with Crippen LogP contribution in [0.3, 0.4) is 0 Å². The monoisotopic (exact) mass is 519 g/mol. The van der Waals surface area contributed by atoms with E-state index >= 15 is 0 Å². The number of carboxylic acid groups (broad SMARTS) is 1. The Balaban J connectivity index is 5.54. The summed E-state index contributed by atoms with van der Waals surface area (Å²) >= 11 is 1.36. The fourth-order valence-corrected chi connectivity index (χ4v) is 3.21. The van der Waals surface area contributed by atoms with Crippen molar-refractivity contribution < 1.29 is 38.7 Å². The molecule has 0 aliphatic rings. The summed E-state index contributed by atoms with van der Waals surface area (Å²) in [4.78, 5) is 82.5. The molecule has 4 atom stereocenters. The van der Waals surface area contributed by atoms with E-state index in [1.165, 1.54) is 11.8 Å². The first-order valence-electron chi connectivity index (χ1n) is 10.5. The van der Waals surface area contributed by atoms with Gasteiger partial charge in [-0.15, -0.1) is 0 Å². The van der Waals surface area contributed by atoms with Gasteiger partial charge in [0.15, 0.2) is 0 Å². The van der Waals surface area contributed by atoms with Crippen LogP contribution in [0.4, 0.5) is 0 Å². The third-order valence-electron chi connectivity index (χ3n) is 4.61. The number of primary amides is 3. The van der Waals surface area contributed by atoms with Crippen molar-refractivity contribution in [2.75, 3.05) is 12.0 Å². The zero-order chi connectivity index (χ0) is 27.1. The molecule has 0 radical (unpaired) electrons. The molecule has 198 valence electrons. The largest absolute Gasteiger partial charge is 0.480 e. The van der Waals surface area contributed by atoms with Gasteiger partial charge in [-0.25, -0.2) is 4.79 Å². The molecule has 0 spiro atoms. The zero-order valence-electron chi connectivity index (χ0n) is 19.3. The number of thioether (sulfide) groups is 1. The van der Waals surface area contributed by atoms with Gasteiger partial charge in [0.2, 0.25) is 35.4 Å². The summed E-state index contributed by atoms with van der Waals surface area (Å²) < 4.78 is 0. The number of carbonyl (C=O) groups excluding carboxylic acids is 6. The standard InChI is InChI=1S/C19H33N7O8S/c1-35-7-6-11(18(32)26-12(19(33)34)3-5-14(22)28)25-17(31)10(2-4-13(21)27)24-16(30)9(20)8-15(23)29/h9-12H,2-8,20H2,1H3,(H2,21,27)(H2,22,28)(H2,23,29)(H,24,30)(H,25,31)(H,26,32)(H,33,34). The number of aliphatic carboxylic acids is 1. The first kappa shape index (κ1) is 31.6. The molecule has 0 heterocycles. The van der Waals surface area contributed by atoms with E-state index in [1.54, 1.807) is 6.26 Å². The van der Waals surface area contributed by atoms with Crippen LogP contribution in [0, 0.1) is 0 Å². The third-order valence-corrected chi connectivity index (χ3v) is 5.25. The predicted octanol–water partition coefficient (Wildman–Crippen LogP) is -3.99. The van der Waals surface area contributed by atoms with Crippen molar-refractivity contribution in [2.45, 2.75) is 62.7 Å². The number of nitrogens with one attached hydrogen (secondary N) is 3. The van der Waals surface area contributed by atoms with E-state index in [9.17, 15) is 38.7 Å². The Morgan fingerprint density at radius 3 is 1.57 bits per heavy atom. The normalized spacial score (nSPS) is 14.0. The van der Waals surface area contributed by atoms with Gasteiger partial charge in [0, 0.05) is 12.8 Å². The highest BCUT2D eigenvalue weighted by atomic mass is 32.2. The second-order valence-corrected chi connectivity index (χ2v) is 8.58. The molecule has 16 heteroatoms. The molecule has 0 aliphatic heterocycles. The van der Waals surface area contributed by atoms with Gasteiger partial charge < -0.3 is 44.0 Å². The molecule has 6 amide bonds. The molecular formula is C19H33N7O8S. The van der Waals surface area contributed by atoms with Crippen LogP contribution in [0.25, 0.3) is 0 Å². The Labute approximate surface area is 205 Å². The number of carbonyl (C=O) groups is 7. The lowest BCUT2D eigenvalue weighted by atomic mass is 10.1. The summed E-state index contributed by atoms with van der Waals surface area (Å²) in [7, 11) is 0. The lowest BCUT2D eigenvalue weighted by Crippen LogP contribution is -2.57. The third kappa shape index (κ3) is 13.8. The maximum atomic E-state index is 12.9. The highest BCUT2D eigenvalue weighted by Crippen LogP contribution is 2.06. The van der Waals surface area contributed by atoms with Gasteiger partial charge in [-0.1, -0.05) is 0 Å². The maximum Gasteiger partial charge on any atom is 0.326 e. The van der Waals surface area contributed by atoms with Crippen LogP contribution in [-0.2, 0) is 33.6 Å². The second kappa shape index (κ2) is 16.3. The highest BCUT2D eigenvalue weighted by Gasteiger charge is 2.30. The fourth-order valence-electron chi connectivity index (χ4n) is 2.74. The minimum atomic E-state index is -1.43. The number of amides is 6. The number of carboxylic acids is 1. The molecule has 15 nitrogen and oxygen atoms in total. The van der Waals surface area contributed by atoms with E-state index in [-0.39, 0.29) is 32.1 Å². The zero-order valence-corrected chi connectivity index (χ0v) is 20.1. The Bertz CT molecular complexity index is 810.